The third kappa shape index (κ3) is 56.6. The minimum Gasteiger partial charge on any atom is -0.394 e. The maximum absolute atomic E-state index is 13.4. The monoisotopic (exact) mass is 1500 g/mol. The molecule has 0 radical (unpaired) electrons. The van der Waals surface area contributed by atoms with Crippen LogP contribution >= 0.6 is 0 Å². The number of unbranched alkanes of at least 4 members (excludes halogenated alkanes) is 54. The molecule has 106 heavy (non-hydrogen) atoms. The molecule has 14 heteroatoms. The minimum atomic E-state index is -1.80. The molecule has 0 aromatic rings. The first-order chi connectivity index (χ1) is 52.1. The summed E-state index contributed by atoms with van der Waals surface area (Å²) in [6.07, 6.45) is 88.9. The summed E-state index contributed by atoms with van der Waals surface area (Å²) >= 11 is 0. The lowest BCUT2D eigenvalue weighted by atomic mass is 9.97. The van der Waals surface area contributed by atoms with Gasteiger partial charge in [-0.25, -0.2) is 0 Å². The SMILES string of the molecule is CCCCCCC/C=C\C/C=C\C/C=C\CCCCCCCCCCCCCCCCCCCCCCCCCCC(=O)NC(COC1OC(CO)C(OC2OC(CO)C(O)C(O)C2O)C(O)C1O)C(O)/C=C/CC/C=C/CC/C=C/CCCCCCCCCCCCCCCCCCCCCCCCC. The third-order valence-electron chi connectivity index (χ3n) is 21.8. The highest BCUT2D eigenvalue weighted by Gasteiger charge is 2.51. The second-order valence-corrected chi connectivity index (χ2v) is 31.7. The molecule has 0 aromatic carbocycles. The van der Waals surface area contributed by atoms with E-state index in [1.807, 2.05) is 6.08 Å². The topological polar surface area (TPSA) is 228 Å². The molecule has 2 fully saturated rings. The van der Waals surface area contributed by atoms with Gasteiger partial charge < -0.3 is 65.1 Å². The number of amides is 1. The molecule has 0 bridgehead atoms. The van der Waals surface area contributed by atoms with Crippen molar-refractivity contribution in [1.82, 2.24) is 5.32 Å². The third-order valence-corrected chi connectivity index (χ3v) is 21.8. The van der Waals surface area contributed by atoms with Gasteiger partial charge in [0.15, 0.2) is 12.6 Å². The summed E-state index contributed by atoms with van der Waals surface area (Å²) in [5, 5.41) is 87.8. The smallest absolute Gasteiger partial charge is 0.220 e. The van der Waals surface area contributed by atoms with Crippen LogP contribution in [0.5, 0.6) is 0 Å². The predicted octanol–water partition coefficient (Wildman–Crippen LogP) is 22.0. The summed E-state index contributed by atoms with van der Waals surface area (Å²) in [7, 11) is 0. The standard InChI is InChI=1S/C92H169NO13/c1-3-5-7-9-11-13-15-17-19-21-23-25-27-29-31-33-35-37-38-39-40-41-42-44-46-48-50-52-54-56-58-60-62-64-66-68-70-72-74-76-84(97)93-80(79-103-91-89(102)87(100)90(83(78-95)105-91)106-92-88(101)86(99)85(98)82(77-94)104-92)81(96)75-73-71-69-67-65-63-61-59-57-55-53-51-49-47-45-43-36-34-32-30-28-26-24-22-20-18-16-14-12-10-8-6-4-2/h15,17,21,23,27,29,57,59,65,67,73,75,80-83,85-92,94-96,98-102H,3-14,16,18-20,22,24-26,28,30-56,58,60-64,66,68-72,74,76-79H2,1-2H3,(H,93,97)/b17-15-,23-21-,29-27-,59-57+,67-65+,75-73+. The summed E-state index contributed by atoms with van der Waals surface area (Å²) < 4.78 is 22.9. The van der Waals surface area contributed by atoms with Gasteiger partial charge in [0, 0.05) is 6.42 Å². The Morgan fingerprint density at radius 1 is 0.340 bits per heavy atom. The van der Waals surface area contributed by atoms with Crippen molar-refractivity contribution in [2.24, 2.45) is 0 Å². The van der Waals surface area contributed by atoms with Gasteiger partial charge in [0.2, 0.25) is 5.91 Å². The fourth-order valence-electron chi connectivity index (χ4n) is 14.8. The molecule has 620 valence electrons. The van der Waals surface area contributed by atoms with Gasteiger partial charge in [0.25, 0.3) is 0 Å². The molecular weight excluding hydrogens is 1330 g/mol. The number of rotatable bonds is 77. The van der Waals surface area contributed by atoms with Gasteiger partial charge in [0.05, 0.1) is 32.0 Å². The number of allylic oxidation sites excluding steroid dienone is 11. The van der Waals surface area contributed by atoms with Gasteiger partial charge in [0.1, 0.15) is 48.8 Å². The van der Waals surface area contributed by atoms with Crippen molar-refractivity contribution < 1.29 is 64.6 Å². The Kier molecular flexibility index (Phi) is 70.5. The van der Waals surface area contributed by atoms with Crippen LogP contribution in [0.4, 0.5) is 0 Å². The number of aliphatic hydroxyl groups is 8. The Labute approximate surface area is 650 Å². The highest BCUT2D eigenvalue weighted by Crippen LogP contribution is 2.31. The maximum Gasteiger partial charge on any atom is 0.220 e. The molecule has 2 aliphatic heterocycles. The van der Waals surface area contributed by atoms with Crippen LogP contribution in [0.2, 0.25) is 0 Å². The number of ether oxygens (including phenoxy) is 4. The van der Waals surface area contributed by atoms with Crippen molar-refractivity contribution in [3.63, 3.8) is 0 Å². The average molecular weight is 1500 g/mol. The van der Waals surface area contributed by atoms with Crippen LogP contribution in [0.3, 0.4) is 0 Å². The Morgan fingerprint density at radius 2 is 0.632 bits per heavy atom. The first-order valence-electron chi connectivity index (χ1n) is 45.2. The molecule has 2 rings (SSSR count). The van der Waals surface area contributed by atoms with Crippen LogP contribution in [0.15, 0.2) is 72.9 Å². The molecule has 2 heterocycles. The Bertz CT molecular complexity index is 2060. The summed E-state index contributed by atoms with van der Waals surface area (Å²) in [5.41, 5.74) is 0. The fraction of sp³-hybridized carbons (Fsp3) is 0.859. The first kappa shape index (κ1) is 99.5. The number of hydrogen-bond donors (Lipinski definition) is 9. The number of hydrogen-bond acceptors (Lipinski definition) is 13. The molecule has 0 aromatic heterocycles. The van der Waals surface area contributed by atoms with Crippen LogP contribution in [0.1, 0.15) is 412 Å². The summed E-state index contributed by atoms with van der Waals surface area (Å²) in [5.74, 6) is -0.246. The van der Waals surface area contributed by atoms with E-state index < -0.39 is 86.8 Å². The summed E-state index contributed by atoms with van der Waals surface area (Å²) in [6, 6.07) is -0.942. The highest BCUT2D eigenvalue weighted by molar-refractivity contribution is 5.76. The molecule has 0 saturated carbocycles. The molecular formula is C92H169NO13. The number of nitrogens with one attached hydrogen (secondary N) is 1. The van der Waals surface area contributed by atoms with Gasteiger partial charge in [-0.2, -0.15) is 0 Å². The summed E-state index contributed by atoms with van der Waals surface area (Å²) in [4.78, 5) is 13.4. The largest absolute Gasteiger partial charge is 0.394 e. The van der Waals surface area contributed by atoms with Crippen LogP contribution in [0, 0.1) is 0 Å². The molecule has 2 saturated heterocycles. The zero-order valence-corrected chi connectivity index (χ0v) is 68.4. The lowest BCUT2D eigenvalue weighted by Gasteiger charge is -2.46. The van der Waals surface area contributed by atoms with E-state index in [0.29, 0.717) is 12.8 Å². The van der Waals surface area contributed by atoms with Crippen LogP contribution in [0.25, 0.3) is 0 Å². The normalized spacial score (nSPS) is 21.6. The molecule has 9 N–H and O–H groups in total. The Balaban J connectivity index is 1.58. The van der Waals surface area contributed by atoms with Crippen LogP contribution < -0.4 is 5.32 Å². The van der Waals surface area contributed by atoms with Gasteiger partial charge in [-0.15, -0.1) is 0 Å². The van der Waals surface area contributed by atoms with E-state index in [9.17, 15) is 45.6 Å². The second kappa shape index (κ2) is 75.1. The quantitative estimate of drug-likeness (QED) is 0.0204. The van der Waals surface area contributed by atoms with E-state index in [2.05, 4.69) is 79.9 Å². The zero-order valence-electron chi connectivity index (χ0n) is 68.4. The average Bonchev–Trinajstić information content (AvgIpc) is 0.789. The molecule has 0 aliphatic carbocycles. The maximum atomic E-state index is 13.4. The van der Waals surface area contributed by atoms with Crippen molar-refractivity contribution in [3.05, 3.63) is 72.9 Å². The second-order valence-electron chi connectivity index (χ2n) is 31.7. The van der Waals surface area contributed by atoms with E-state index in [0.717, 1.165) is 57.8 Å². The number of carbonyl (C=O) groups excluding carboxylic acids is 1. The summed E-state index contributed by atoms with van der Waals surface area (Å²) in [6.45, 7) is 2.83. The Morgan fingerprint density at radius 3 is 0.991 bits per heavy atom. The fourth-order valence-corrected chi connectivity index (χ4v) is 14.8. The molecule has 12 atom stereocenters. The lowest BCUT2D eigenvalue weighted by molar-refractivity contribution is -0.359. The highest BCUT2D eigenvalue weighted by atomic mass is 16.7. The molecule has 14 nitrogen and oxygen atoms in total. The van der Waals surface area contributed by atoms with Crippen LogP contribution in [-0.4, -0.2) is 140 Å². The van der Waals surface area contributed by atoms with Crippen molar-refractivity contribution in [1.29, 1.82) is 0 Å². The van der Waals surface area contributed by atoms with Gasteiger partial charge in [-0.3, -0.25) is 4.79 Å². The van der Waals surface area contributed by atoms with E-state index in [-0.39, 0.29) is 18.9 Å². The van der Waals surface area contributed by atoms with Gasteiger partial charge in [-0.05, 0) is 83.5 Å². The van der Waals surface area contributed by atoms with E-state index in [4.69, 9.17) is 18.9 Å². The first-order valence-corrected chi connectivity index (χ1v) is 45.2. The van der Waals surface area contributed by atoms with E-state index in [1.54, 1.807) is 6.08 Å². The lowest BCUT2D eigenvalue weighted by Crippen LogP contribution is -2.65. The van der Waals surface area contributed by atoms with Crippen LogP contribution in [-0.2, 0) is 23.7 Å². The van der Waals surface area contributed by atoms with Crippen molar-refractivity contribution >= 4 is 5.91 Å². The van der Waals surface area contributed by atoms with Gasteiger partial charge in [-0.1, -0.05) is 395 Å². The number of carbonyl (C=O) groups is 1. The van der Waals surface area contributed by atoms with Gasteiger partial charge >= 0.3 is 0 Å². The molecule has 2 aliphatic rings. The predicted molar refractivity (Wildman–Crippen MR) is 443 cm³/mol. The van der Waals surface area contributed by atoms with E-state index >= 15 is 0 Å². The molecule has 0 spiro atoms. The minimum absolute atomic E-state index is 0.246. The van der Waals surface area contributed by atoms with Crippen molar-refractivity contribution in [3.8, 4) is 0 Å². The number of aliphatic hydroxyl groups excluding tert-OH is 8. The molecule has 12 unspecified atom stereocenters. The van der Waals surface area contributed by atoms with Crippen molar-refractivity contribution in [2.45, 2.75) is 485 Å². The van der Waals surface area contributed by atoms with E-state index in [1.165, 1.54) is 321 Å². The Hall–Kier alpha value is -2.57. The molecule has 1 amide bonds. The zero-order chi connectivity index (χ0) is 76.5. The van der Waals surface area contributed by atoms with Crippen molar-refractivity contribution in [2.75, 3.05) is 19.8 Å².